The molecule has 1 N–H and O–H groups in total. The molecule has 106 valence electrons. The van der Waals surface area contributed by atoms with Gasteiger partial charge in [-0.1, -0.05) is 50.6 Å². The summed E-state index contributed by atoms with van der Waals surface area (Å²) >= 11 is 0. The third-order valence-electron chi connectivity index (χ3n) is 4.23. The van der Waals surface area contributed by atoms with Gasteiger partial charge in [0.2, 0.25) is 0 Å². The van der Waals surface area contributed by atoms with Crippen LogP contribution in [-0.2, 0) is 5.41 Å². The number of aryl methyl sites for hydroxylation is 1. The number of pyridine rings is 1. The second-order valence-corrected chi connectivity index (χ2v) is 6.42. The second-order valence-electron chi connectivity index (χ2n) is 6.42. The molecule has 0 amide bonds. The van der Waals surface area contributed by atoms with Crippen molar-refractivity contribution in [1.82, 2.24) is 4.98 Å². The molecule has 1 aromatic carbocycles. The average Bonchev–Trinajstić information content (AvgIpc) is 2.42. The smallest absolute Gasteiger partial charge is 0.0573 e. The van der Waals surface area contributed by atoms with Crippen molar-refractivity contribution in [1.29, 1.82) is 0 Å². The highest BCUT2D eigenvalue weighted by Crippen LogP contribution is 2.46. The van der Waals surface area contributed by atoms with Crippen molar-refractivity contribution < 1.29 is 5.11 Å². The Labute approximate surface area is 121 Å². The highest BCUT2D eigenvalue weighted by Gasteiger charge is 2.44. The molecule has 0 aliphatic heterocycles. The lowest BCUT2D eigenvalue weighted by Crippen LogP contribution is -2.44. The van der Waals surface area contributed by atoms with Gasteiger partial charge >= 0.3 is 0 Å². The molecule has 2 heteroatoms. The predicted molar refractivity (Wildman–Crippen MR) is 82.7 cm³/mol. The van der Waals surface area contributed by atoms with Gasteiger partial charge in [0.05, 0.1) is 6.61 Å². The van der Waals surface area contributed by atoms with E-state index in [0.29, 0.717) is 0 Å². The maximum Gasteiger partial charge on any atom is 0.0573 e. The molecule has 0 saturated heterocycles. The number of aliphatic hydroxyl groups is 1. The third-order valence-corrected chi connectivity index (χ3v) is 4.23. The van der Waals surface area contributed by atoms with E-state index in [-0.39, 0.29) is 12.0 Å². The maximum atomic E-state index is 10.3. The topological polar surface area (TPSA) is 33.1 Å². The summed E-state index contributed by atoms with van der Waals surface area (Å²) in [7, 11) is 0. The van der Waals surface area contributed by atoms with Crippen molar-refractivity contribution in [2.75, 3.05) is 6.61 Å². The SMILES string of the molecule is Cc1ccc(C(CO)(c2ccncc2)C(C)(C)C)cc1. The zero-order valence-electron chi connectivity index (χ0n) is 12.7. The quantitative estimate of drug-likeness (QED) is 0.921. The third kappa shape index (κ3) is 2.36. The Morgan fingerprint density at radius 1 is 0.900 bits per heavy atom. The van der Waals surface area contributed by atoms with Crippen molar-refractivity contribution in [3.05, 3.63) is 65.5 Å². The lowest BCUT2D eigenvalue weighted by Gasteiger charge is -2.44. The van der Waals surface area contributed by atoms with Crippen LogP contribution in [0.25, 0.3) is 0 Å². The first-order valence-corrected chi connectivity index (χ1v) is 7.00. The van der Waals surface area contributed by atoms with E-state index >= 15 is 0 Å². The Morgan fingerprint density at radius 3 is 1.85 bits per heavy atom. The van der Waals surface area contributed by atoms with Gasteiger partial charge in [0.1, 0.15) is 0 Å². The number of hydrogen-bond donors (Lipinski definition) is 1. The van der Waals surface area contributed by atoms with E-state index < -0.39 is 5.41 Å². The van der Waals surface area contributed by atoms with E-state index in [1.807, 2.05) is 12.1 Å². The van der Waals surface area contributed by atoms with Gasteiger partial charge in [-0.25, -0.2) is 0 Å². The van der Waals surface area contributed by atoms with E-state index in [9.17, 15) is 5.11 Å². The minimum Gasteiger partial charge on any atom is -0.395 e. The molecule has 1 aromatic heterocycles. The predicted octanol–water partition coefficient (Wildman–Crippen LogP) is 3.71. The molecule has 1 unspecified atom stereocenters. The minimum absolute atomic E-state index is 0.0730. The summed E-state index contributed by atoms with van der Waals surface area (Å²) in [6, 6.07) is 12.5. The van der Waals surface area contributed by atoms with Crippen LogP contribution >= 0.6 is 0 Å². The van der Waals surface area contributed by atoms with Crippen LogP contribution < -0.4 is 0 Å². The molecule has 20 heavy (non-hydrogen) atoms. The fraction of sp³-hybridized carbons (Fsp3) is 0.389. The maximum absolute atomic E-state index is 10.3. The average molecular weight is 269 g/mol. The van der Waals surface area contributed by atoms with E-state index in [1.54, 1.807) is 12.4 Å². The van der Waals surface area contributed by atoms with Crippen LogP contribution in [0.4, 0.5) is 0 Å². The van der Waals surface area contributed by atoms with Gasteiger partial charge in [0.15, 0.2) is 0 Å². The van der Waals surface area contributed by atoms with Crippen LogP contribution in [0.3, 0.4) is 0 Å². The Kier molecular flexibility index (Phi) is 3.96. The molecular weight excluding hydrogens is 246 g/mol. The minimum atomic E-state index is -0.427. The molecule has 2 nitrogen and oxygen atoms in total. The van der Waals surface area contributed by atoms with Gasteiger partial charge < -0.3 is 5.11 Å². The summed E-state index contributed by atoms with van der Waals surface area (Å²) in [6.07, 6.45) is 3.58. The van der Waals surface area contributed by atoms with Crippen LogP contribution in [0.15, 0.2) is 48.8 Å². The number of aliphatic hydroxyl groups excluding tert-OH is 1. The molecule has 0 aliphatic rings. The molecule has 0 spiro atoms. The number of aromatic nitrogens is 1. The molecule has 0 saturated carbocycles. The van der Waals surface area contributed by atoms with Gasteiger partial charge in [-0.05, 0) is 35.6 Å². The van der Waals surface area contributed by atoms with Gasteiger partial charge in [-0.15, -0.1) is 0 Å². The molecule has 2 aromatic rings. The van der Waals surface area contributed by atoms with Gasteiger partial charge in [0, 0.05) is 17.8 Å². The zero-order chi connectivity index (χ0) is 14.8. The first-order chi connectivity index (χ1) is 9.41. The molecule has 1 heterocycles. The molecule has 1 atom stereocenters. The van der Waals surface area contributed by atoms with Crippen molar-refractivity contribution in [2.45, 2.75) is 33.1 Å². The van der Waals surface area contributed by atoms with Crippen LogP contribution in [0.1, 0.15) is 37.5 Å². The number of nitrogens with zero attached hydrogens (tertiary/aromatic N) is 1. The fourth-order valence-corrected chi connectivity index (χ4v) is 2.93. The van der Waals surface area contributed by atoms with Crippen molar-refractivity contribution in [3.8, 4) is 0 Å². The molecule has 0 aliphatic carbocycles. The monoisotopic (exact) mass is 269 g/mol. The van der Waals surface area contributed by atoms with Gasteiger partial charge in [-0.3, -0.25) is 4.98 Å². The summed E-state index contributed by atoms with van der Waals surface area (Å²) in [5.74, 6) is 0. The fourth-order valence-electron chi connectivity index (χ4n) is 2.93. The summed E-state index contributed by atoms with van der Waals surface area (Å²) in [5.41, 5.74) is 2.93. The van der Waals surface area contributed by atoms with Gasteiger partial charge in [-0.2, -0.15) is 0 Å². The number of hydrogen-bond acceptors (Lipinski definition) is 2. The first kappa shape index (κ1) is 14.7. The largest absolute Gasteiger partial charge is 0.395 e. The van der Waals surface area contributed by atoms with Crippen LogP contribution in [0.2, 0.25) is 0 Å². The highest BCUT2D eigenvalue weighted by atomic mass is 16.3. The first-order valence-electron chi connectivity index (χ1n) is 7.00. The highest BCUT2D eigenvalue weighted by molar-refractivity contribution is 5.42. The molecular formula is C18H23NO. The van der Waals surface area contributed by atoms with Crippen LogP contribution in [0, 0.1) is 12.3 Å². The standard InChI is InChI=1S/C18H23NO/c1-14-5-7-15(8-6-14)18(13-20,17(2,3)4)16-9-11-19-12-10-16/h5-12,20H,13H2,1-4H3. The molecule has 2 rings (SSSR count). The van der Waals surface area contributed by atoms with E-state index in [2.05, 4.69) is 56.9 Å². The Bertz CT molecular complexity index is 554. The normalized spacial score (nSPS) is 14.8. The summed E-state index contributed by atoms with van der Waals surface area (Å²) in [6.45, 7) is 8.66. The van der Waals surface area contributed by atoms with Crippen LogP contribution in [0.5, 0.6) is 0 Å². The second kappa shape index (κ2) is 5.37. The van der Waals surface area contributed by atoms with Crippen molar-refractivity contribution >= 4 is 0 Å². The molecule has 0 radical (unpaired) electrons. The molecule has 0 bridgehead atoms. The van der Waals surface area contributed by atoms with Crippen molar-refractivity contribution in [3.63, 3.8) is 0 Å². The van der Waals surface area contributed by atoms with E-state index in [0.717, 1.165) is 11.1 Å². The van der Waals surface area contributed by atoms with Crippen molar-refractivity contribution in [2.24, 2.45) is 5.41 Å². The van der Waals surface area contributed by atoms with E-state index in [1.165, 1.54) is 5.56 Å². The summed E-state index contributed by atoms with van der Waals surface area (Å²) in [4.78, 5) is 4.10. The number of rotatable bonds is 3. The summed E-state index contributed by atoms with van der Waals surface area (Å²) < 4.78 is 0. The lowest BCUT2D eigenvalue weighted by molar-refractivity contribution is 0.122. The Morgan fingerprint density at radius 2 is 1.40 bits per heavy atom. The van der Waals surface area contributed by atoms with Gasteiger partial charge in [0.25, 0.3) is 0 Å². The van der Waals surface area contributed by atoms with E-state index in [4.69, 9.17) is 0 Å². The Hall–Kier alpha value is -1.67. The molecule has 0 fully saturated rings. The number of benzene rings is 1. The van der Waals surface area contributed by atoms with Crippen LogP contribution in [-0.4, -0.2) is 16.7 Å². The zero-order valence-corrected chi connectivity index (χ0v) is 12.7. The summed E-state index contributed by atoms with van der Waals surface area (Å²) in [5, 5.41) is 10.3. The lowest BCUT2D eigenvalue weighted by atomic mass is 9.59. The Balaban J connectivity index is 2.69.